The molecule has 1 aliphatic carbocycles. The summed E-state index contributed by atoms with van der Waals surface area (Å²) in [5.74, 6) is 0.486. The van der Waals surface area contributed by atoms with Crippen LogP contribution in [-0.4, -0.2) is 30.6 Å². The van der Waals surface area contributed by atoms with Gasteiger partial charge in [0.05, 0.1) is 11.7 Å². The Labute approximate surface area is 133 Å². The second-order valence-corrected chi connectivity index (χ2v) is 5.97. The largest absolute Gasteiger partial charge is 0.288 e. The minimum atomic E-state index is -0.0148. The normalized spacial score (nSPS) is 14.9. The second-order valence-electron chi connectivity index (χ2n) is 5.97. The van der Waals surface area contributed by atoms with E-state index in [4.69, 9.17) is 0 Å². The number of carbonyl (C=O) groups is 1. The van der Waals surface area contributed by atoms with Crippen molar-refractivity contribution in [1.82, 2.24) is 24.8 Å². The van der Waals surface area contributed by atoms with Crippen LogP contribution in [0.25, 0.3) is 17.1 Å². The second kappa shape index (κ2) is 5.15. The highest BCUT2D eigenvalue weighted by atomic mass is 16.1. The topological polar surface area (TPSA) is 65.6 Å². The summed E-state index contributed by atoms with van der Waals surface area (Å²) in [5.41, 5.74) is 4.44. The van der Waals surface area contributed by atoms with Crippen molar-refractivity contribution in [3.05, 3.63) is 47.3 Å². The van der Waals surface area contributed by atoms with Gasteiger partial charge in [0, 0.05) is 25.2 Å². The highest BCUT2D eigenvalue weighted by Gasteiger charge is 2.30. The number of fused-ring (bicyclic) bond motifs is 1. The third-order valence-electron chi connectivity index (χ3n) is 4.29. The molecule has 6 nitrogen and oxygen atoms in total. The lowest BCUT2D eigenvalue weighted by molar-refractivity contribution is 0.103. The summed E-state index contributed by atoms with van der Waals surface area (Å²) in [6.45, 7) is 0. The fourth-order valence-electron chi connectivity index (χ4n) is 2.97. The Morgan fingerprint density at radius 2 is 2.09 bits per heavy atom. The molecule has 6 heteroatoms. The molecular formula is C17H17N5O. The number of rotatable bonds is 4. The number of ketones is 1. The van der Waals surface area contributed by atoms with Crippen LogP contribution in [0.5, 0.6) is 0 Å². The van der Waals surface area contributed by atoms with Crippen LogP contribution >= 0.6 is 0 Å². The van der Waals surface area contributed by atoms with Crippen molar-refractivity contribution in [2.45, 2.75) is 18.8 Å². The van der Waals surface area contributed by atoms with E-state index in [2.05, 4.69) is 15.4 Å². The van der Waals surface area contributed by atoms with E-state index in [1.54, 1.807) is 15.4 Å². The van der Waals surface area contributed by atoms with Crippen LogP contribution in [-0.2, 0) is 14.1 Å². The predicted molar refractivity (Wildman–Crippen MR) is 87.1 cm³/mol. The van der Waals surface area contributed by atoms with Crippen LogP contribution in [0.2, 0.25) is 0 Å². The van der Waals surface area contributed by atoms with Gasteiger partial charge in [-0.3, -0.25) is 9.48 Å². The molecule has 4 rings (SSSR count). The number of aromatic nitrogens is 5. The van der Waals surface area contributed by atoms with Crippen molar-refractivity contribution in [1.29, 1.82) is 0 Å². The Morgan fingerprint density at radius 3 is 2.87 bits per heavy atom. The highest BCUT2D eigenvalue weighted by Crippen LogP contribution is 2.41. The van der Waals surface area contributed by atoms with Crippen LogP contribution < -0.4 is 0 Å². The number of para-hydroxylation sites is 1. The maximum atomic E-state index is 12.6. The van der Waals surface area contributed by atoms with Crippen molar-refractivity contribution in [2.75, 3.05) is 0 Å². The Kier molecular flexibility index (Phi) is 3.11. The third kappa shape index (κ3) is 2.36. The number of allylic oxidation sites excluding steroid dienone is 1. The third-order valence-corrected chi connectivity index (χ3v) is 4.29. The van der Waals surface area contributed by atoms with Gasteiger partial charge in [-0.2, -0.15) is 5.10 Å². The lowest BCUT2D eigenvalue weighted by atomic mass is 10.1. The Balaban J connectivity index is 1.69. The maximum absolute atomic E-state index is 12.6. The molecule has 116 valence electrons. The van der Waals surface area contributed by atoms with E-state index in [9.17, 15) is 4.79 Å². The fraction of sp³-hybridized carbons (Fsp3) is 0.294. The van der Waals surface area contributed by atoms with Crippen LogP contribution in [0.1, 0.15) is 40.4 Å². The average molecular weight is 307 g/mol. The van der Waals surface area contributed by atoms with Crippen LogP contribution in [0.15, 0.2) is 30.5 Å². The molecule has 0 saturated heterocycles. The molecule has 0 radical (unpaired) electrons. The molecule has 1 aliphatic rings. The molecular weight excluding hydrogens is 290 g/mol. The van der Waals surface area contributed by atoms with E-state index in [1.165, 1.54) is 0 Å². The molecule has 0 atom stereocenters. The smallest absolute Gasteiger partial charge is 0.204 e. The van der Waals surface area contributed by atoms with Crippen molar-refractivity contribution in [2.24, 2.45) is 14.1 Å². The Morgan fingerprint density at radius 1 is 1.26 bits per heavy atom. The van der Waals surface area contributed by atoms with Gasteiger partial charge in [0.15, 0.2) is 0 Å². The first-order valence-electron chi connectivity index (χ1n) is 7.68. The van der Waals surface area contributed by atoms with Gasteiger partial charge in [-0.15, -0.1) is 5.10 Å². The van der Waals surface area contributed by atoms with E-state index >= 15 is 0 Å². The quantitative estimate of drug-likeness (QED) is 0.548. The Bertz CT molecular complexity index is 930. The van der Waals surface area contributed by atoms with Crippen molar-refractivity contribution in [3.8, 4) is 0 Å². The van der Waals surface area contributed by atoms with Crippen molar-refractivity contribution >= 4 is 22.9 Å². The lowest BCUT2D eigenvalue weighted by Crippen LogP contribution is -2.06. The average Bonchev–Trinajstić information content (AvgIpc) is 3.22. The maximum Gasteiger partial charge on any atom is 0.204 e. The molecule has 3 aromatic rings. The van der Waals surface area contributed by atoms with Gasteiger partial charge in [-0.1, -0.05) is 17.3 Å². The van der Waals surface area contributed by atoms with E-state index in [0.717, 1.165) is 35.0 Å². The van der Waals surface area contributed by atoms with Crippen LogP contribution in [0.3, 0.4) is 0 Å². The molecule has 0 unspecified atom stereocenters. The number of hydrogen-bond acceptors (Lipinski definition) is 4. The lowest BCUT2D eigenvalue weighted by Gasteiger charge is -2.02. The number of aryl methyl sites for hydroxylation is 2. The van der Waals surface area contributed by atoms with Crippen molar-refractivity contribution < 1.29 is 4.79 Å². The number of carbonyl (C=O) groups excluding carboxylic acids is 1. The van der Waals surface area contributed by atoms with E-state index in [0.29, 0.717) is 11.6 Å². The highest BCUT2D eigenvalue weighted by molar-refractivity contribution is 6.07. The van der Waals surface area contributed by atoms with Crippen LogP contribution in [0.4, 0.5) is 0 Å². The number of hydrogen-bond donors (Lipinski definition) is 0. The van der Waals surface area contributed by atoms with Crippen molar-refractivity contribution in [3.63, 3.8) is 0 Å². The van der Waals surface area contributed by atoms with Crippen LogP contribution in [0, 0.1) is 0 Å². The molecule has 0 bridgehead atoms. The number of nitrogens with zero attached hydrogens (tertiary/aromatic N) is 5. The monoisotopic (exact) mass is 307 g/mol. The van der Waals surface area contributed by atoms with Gasteiger partial charge in [0.1, 0.15) is 11.2 Å². The predicted octanol–water partition coefficient (Wildman–Crippen LogP) is 2.48. The SMILES string of the molecule is Cn1ncc(C2CC2)c1C(=O)/C=C/c1cccc2nnn(C)c12. The molecule has 0 aliphatic heterocycles. The summed E-state index contributed by atoms with van der Waals surface area (Å²) < 4.78 is 3.39. The molecule has 0 amide bonds. The Hall–Kier alpha value is -2.76. The molecule has 2 aromatic heterocycles. The van der Waals surface area contributed by atoms with Gasteiger partial charge in [0.25, 0.3) is 0 Å². The minimum Gasteiger partial charge on any atom is -0.288 e. The molecule has 0 N–H and O–H groups in total. The standard InChI is InChI=1S/C17H17N5O/c1-21-17(13(10-18-21)11-6-7-11)15(23)9-8-12-4-3-5-14-16(12)22(2)20-19-14/h3-5,8-11H,6-7H2,1-2H3/b9-8+. The molecule has 23 heavy (non-hydrogen) atoms. The zero-order valence-electron chi connectivity index (χ0n) is 13.1. The van der Waals surface area contributed by atoms with E-state index in [-0.39, 0.29) is 5.78 Å². The van der Waals surface area contributed by atoms with E-state index < -0.39 is 0 Å². The summed E-state index contributed by atoms with van der Waals surface area (Å²) in [7, 11) is 3.67. The minimum absolute atomic E-state index is 0.0148. The molecule has 1 aromatic carbocycles. The summed E-state index contributed by atoms with van der Waals surface area (Å²) in [5, 5.41) is 12.4. The van der Waals surface area contributed by atoms with Gasteiger partial charge >= 0.3 is 0 Å². The van der Waals surface area contributed by atoms with Gasteiger partial charge in [-0.25, -0.2) is 4.68 Å². The summed E-state index contributed by atoms with van der Waals surface area (Å²) >= 11 is 0. The first-order chi connectivity index (χ1) is 11.1. The summed E-state index contributed by atoms with van der Waals surface area (Å²) in [4.78, 5) is 12.6. The van der Waals surface area contributed by atoms with Gasteiger partial charge in [0.2, 0.25) is 5.78 Å². The first-order valence-corrected chi connectivity index (χ1v) is 7.68. The molecule has 0 spiro atoms. The molecule has 1 saturated carbocycles. The fourth-order valence-corrected chi connectivity index (χ4v) is 2.97. The zero-order chi connectivity index (χ0) is 16.0. The molecule has 1 fully saturated rings. The first kappa shape index (κ1) is 13.9. The summed E-state index contributed by atoms with van der Waals surface area (Å²) in [6, 6.07) is 5.79. The van der Waals surface area contributed by atoms with Gasteiger partial charge < -0.3 is 0 Å². The van der Waals surface area contributed by atoms with Gasteiger partial charge in [-0.05, 0) is 37.0 Å². The zero-order valence-corrected chi connectivity index (χ0v) is 13.1. The summed E-state index contributed by atoms with van der Waals surface area (Å²) in [6.07, 6.45) is 7.57. The van der Waals surface area contributed by atoms with E-state index in [1.807, 2.05) is 44.6 Å². The number of benzene rings is 1. The molecule has 2 heterocycles.